The number of hydrogen-bond donors (Lipinski definition) is 0. The van der Waals surface area contributed by atoms with E-state index in [2.05, 4.69) is 18.2 Å². The lowest BCUT2D eigenvalue weighted by Crippen LogP contribution is -2.44. The van der Waals surface area contributed by atoms with Gasteiger partial charge in [0, 0.05) is 24.5 Å². The number of nitrogens with zero attached hydrogens (tertiary/aromatic N) is 2. The number of halogens is 1. The highest BCUT2D eigenvalue weighted by Crippen LogP contribution is 2.40. The van der Waals surface area contributed by atoms with E-state index in [4.69, 9.17) is 21.7 Å². The van der Waals surface area contributed by atoms with Crippen molar-refractivity contribution in [3.63, 3.8) is 0 Å². The van der Waals surface area contributed by atoms with Crippen LogP contribution in [0.25, 0.3) is 0 Å². The highest BCUT2D eigenvalue weighted by Gasteiger charge is 2.37. The molecule has 0 N–H and O–H groups in total. The van der Waals surface area contributed by atoms with Crippen molar-refractivity contribution in [1.82, 2.24) is 5.06 Å². The van der Waals surface area contributed by atoms with Gasteiger partial charge in [-0.1, -0.05) is 23.7 Å². The van der Waals surface area contributed by atoms with Crippen LogP contribution in [0.4, 0.5) is 0 Å². The summed E-state index contributed by atoms with van der Waals surface area (Å²) in [6.07, 6.45) is 3.04. The van der Waals surface area contributed by atoms with Crippen molar-refractivity contribution >= 4 is 17.6 Å². The molecule has 1 fully saturated rings. The normalized spacial score (nSPS) is 18.0. The number of carbonyl (C=O) groups excluding carboxylic acids is 1. The van der Waals surface area contributed by atoms with E-state index in [0.717, 1.165) is 19.3 Å². The number of hydrogen-bond acceptors (Lipinski definition) is 4. The first-order valence-electron chi connectivity index (χ1n) is 8.37. The molecule has 2 rings (SSSR count). The molecule has 1 saturated heterocycles. The average molecular weight is 349 g/mol. The van der Waals surface area contributed by atoms with Crippen molar-refractivity contribution in [3.8, 4) is 6.07 Å². The summed E-state index contributed by atoms with van der Waals surface area (Å²) in [5.74, 6) is -0.210. The van der Waals surface area contributed by atoms with Crippen LogP contribution < -0.4 is 0 Å². The number of rotatable bonds is 4. The molecule has 0 aromatic heterocycles. The van der Waals surface area contributed by atoms with Gasteiger partial charge in [0.1, 0.15) is 0 Å². The van der Waals surface area contributed by atoms with Crippen LogP contribution in [0.3, 0.4) is 0 Å². The molecular weight excluding hydrogens is 324 g/mol. The van der Waals surface area contributed by atoms with Gasteiger partial charge in [-0.05, 0) is 63.1 Å². The Labute approximate surface area is 149 Å². The van der Waals surface area contributed by atoms with Crippen LogP contribution in [0.15, 0.2) is 24.3 Å². The Kier molecular flexibility index (Phi) is 5.90. The number of piperidine rings is 1. The van der Waals surface area contributed by atoms with Crippen molar-refractivity contribution in [2.75, 3.05) is 13.1 Å². The Morgan fingerprint density at radius 1 is 1.29 bits per heavy atom. The largest absolute Gasteiger partial charge is 0.367 e. The number of hydroxylamine groups is 2. The zero-order valence-electron chi connectivity index (χ0n) is 14.6. The lowest BCUT2D eigenvalue weighted by atomic mass is 9.70. The standard InChI is InChI=1S/C19H25ClN2O2/c1-18(2,3)17(23)24-22-13-10-19(11-14-22,9-4-12-21)15-5-7-16(20)8-6-15/h5-8H,4,9-11,13-14H2,1-3H3. The molecule has 1 aliphatic rings. The molecule has 1 aromatic rings. The SMILES string of the molecule is CC(C)(C)C(=O)ON1CCC(CCC#N)(c2ccc(Cl)cc2)CC1. The van der Waals surface area contributed by atoms with E-state index in [9.17, 15) is 4.79 Å². The van der Waals surface area contributed by atoms with Gasteiger partial charge in [0.25, 0.3) is 0 Å². The summed E-state index contributed by atoms with van der Waals surface area (Å²) in [4.78, 5) is 17.6. The first kappa shape index (κ1) is 18.8. The summed E-state index contributed by atoms with van der Waals surface area (Å²) in [5.41, 5.74) is 0.653. The van der Waals surface area contributed by atoms with Gasteiger partial charge in [0.15, 0.2) is 0 Å². The van der Waals surface area contributed by atoms with Crippen LogP contribution in [-0.4, -0.2) is 24.1 Å². The molecule has 0 unspecified atom stereocenters. The third-order valence-corrected chi connectivity index (χ3v) is 4.93. The van der Waals surface area contributed by atoms with Crippen molar-refractivity contribution < 1.29 is 9.63 Å². The Hall–Kier alpha value is -1.57. The van der Waals surface area contributed by atoms with E-state index < -0.39 is 5.41 Å². The van der Waals surface area contributed by atoms with Gasteiger partial charge >= 0.3 is 5.97 Å². The Morgan fingerprint density at radius 3 is 2.38 bits per heavy atom. The maximum absolute atomic E-state index is 12.1. The molecule has 0 spiro atoms. The first-order chi connectivity index (χ1) is 11.3. The molecule has 0 atom stereocenters. The van der Waals surface area contributed by atoms with Crippen molar-refractivity contribution in [2.24, 2.45) is 5.41 Å². The quantitative estimate of drug-likeness (QED) is 0.804. The second-order valence-corrected chi connectivity index (χ2v) is 7.94. The van der Waals surface area contributed by atoms with Gasteiger partial charge in [0.2, 0.25) is 0 Å². The molecule has 1 heterocycles. The fourth-order valence-electron chi connectivity index (χ4n) is 3.04. The Bertz CT molecular complexity index is 606. The zero-order chi connectivity index (χ0) is 17.8. The monoisotopic (exact) mass is 348 g/mol. The summed E-state index contributed by atoms with van der Waals surface area (Å²) in [6.45, 7) is 6.91. The van der Waals surface area contributed by atoms with E-state index >= 15 is 0 Å². The summed E-state index contributed by atoms with van der Waals surface area (Å²) in [6, 6.07) is 10.2. The minimum Gasteiger partial charge on any atom is -0.367 e. The fourth-order valence-corrected chi connectivity index (χ4v) is 3.17. The number of benzene rings is 1. The van der Waals surface area contributed by atoms with Gasteiger partial charge in [-0.15, -0.1) is 5.06 Å². The molecule has 0 bridgehead atoms. The number of nitriles is 1. The van der Waals surface area contributed by atoms with E-state index in [1.54, 1.807) is 5.06 Å². The molecule has 130 valence electrons. The Balaban J connectivity index is 2.09. The van der Waals surface area contributed by atoms with E-state index in [0.29, 0.717) is 24.5 Å². The van der Waals surface area contributed by atoms with Crippen LogP contribution >= 0.6 is 11.6 Å². The smallest absolute Gasteiger partial charge is 0.330 e. The highest BCUT2D eigenvalue weighted by atomic mass is 35.5. The van der Waals surface area contributed by atoms with Gasteiger partial charge in [-0.2, -0.15) is 5.26 Å². The minimum atomic E-state index is -0.508. The molecule has 5 heteroatoms. The topological polar surface area (TPSA) is 53.3 Å². The summed E-state index contributed by atoms with van der Waals surface area (Å²) in [5, 5.41) is 11.5. The predicted molar refractivity (Wildman–Crippen MR) is 94.3 cm³/mol. The van der Waals surface area contributed by atoms with Crippen LogP contribution in [0.5, 0.6) is 0 Å². The molecule has 1 aromatic carbocycles. The third-order valence-electron chi connectivity index (χ3n) is 4.68. The predicted octanol–water partition coefficient (Wildman–Crippen LogP) is 4.48. The molecule has 0 radical (unpaired) electrons. The molecule has 0 amide bonds. The highest BCUT2D eigenvalue weighted by molar-refractivity contribution is 6.30. The number of carbonyl (C=O) groups is 1. The maximum Gasteiger partial charge on any atom is 0.330 e. The summed E-state index contributed by atoms with van der Waals surface area (Å²) < 4.78 is 0. The lowest BCUT2D eigenvalue weighted by Gasteiger charge is -2.41. The van der Waals surface area contributed by atoms with E-state index in [1.807, 2.05) is 32.9 Å². The first-order valence-corrected chi connectivity index (χ1v) is 8.75. The summed E-state index contributed by atoms with van der Waals surface area (Å²) >= 11 is 6.01. The average Bonchev–Trinajstić information content (AvgIpc) is 2.54. The fraction of sp³-hybridized carbons (Fsp3) is 0.579. The van der Waals surface area contributed by atoms with Crippen molar-refractivity contribution in [3.05, 3.63) is 34.9 Å². The van der Waals surface area contributed by atoms with Crippen LogP contribution in [0, 0.1) is 16.7 Å². The van der Waals surface area contributed by atoms with Crippen LogP contribution in [-0.2, 0) is 15.0 Å². The van der Waals surface area contributed by atoms with Gasteiger partial charge in [-0.25, -0.2) is 4.79 Å². The molecular formula is C19H25ClN2O2. The minimum absolute atomic E-state index is 0.0506. The summed E-state index contributed by atoms with van der Waals surface area (Å²) in [7, 11) is 0. The molecule has 24 heavy (non-hydrogen) atoms. The third kappa shape index (κ3) is 4.49. The Morgan fingerprint density at radius 2 is 1.88 bits per heavy atom. The molecule has 0 saturated carbocycles. The second kappa shape index (κ2) is 7.55. The molecule has 4 nitrogen and oxygen atoms in total. The second-order valence-electron chi connectivity index (χ2n) is 7.50. The van der Waals surface area contributed by atoms with Gasteiger partial charge < -0.3 is 4.84 Å². The van der Waals surface area contributed by atoms with Gasteiger partial charge in [0.05, 0.1) is 11.5 Å². The maximum atomic E-state index is 12.1. The van der Waals surface area contributed by atoms with E-state index in [-0.39, 0.29) is 11.4 Å². The van der Waals surface area contributed by atoms with Crippen LogP contribution in [0.2, 0.25) is 5.02 Å². The van der Waals surface area contributed by atoms with Gasteiger partial charge in [-0.3, -0.25) is 0 Å². The van der Waals surface area contributed by atoms with Crippen molar-refractivity contribution in [2.45, 2.75) is 51.9 Å². The molecule has 1 aliphatic heterocycles. The van der Waals surface area contributed by atoms with E-state index in [1.165, 1.54) is 5.56 Å². The zero-order valence-corrected chi connectivity index (χ0v) is 15.4. The van der Waals surface area contributed by atoms with Crippen LogP contribution in [0.1, 0.15) is 52.0 Å². The van der Waals surface area contributed by atoms with Crippen molar-refractivity contribution in [1.29, 1.82) is 5.26 Å². The lowest BCUT2D eigenvalue weighted by molar-refractivity contribution is -0.207. The molecule has 0 aliphatic carbocycles.